The van der Waals surface area contributed by atoms with E-state index in [0.717, 1.165) is 84.0 Å². The van der Waals surface area contributed by atoms with Crippen LogP contribution in [0.3, 0.4) is 0 Å². The molecule has 0 aliphatic rings. The number of furan rings is 1. The molecule has 0 radical (unpaired) electrons. The summed E-state index contributed by atoms with van der Waals surface area (Å²) < 4.78 is 8.86. The lowest BCUT2D eigenvalue weighted by Crippen LogP contribution is -2.04. The zero-order valence-electron chi connectivity index (χ0n) is 36.0. The minimum Gasteiger partial charge on any atom is -0.456 e. The molecule has 65 heavy (non-hydrogen) atoms. The third-order valence-corrected chi connectivity index (χ3v) is 12.8. The molecule has 12 rings (SSSR count). The van der Waals surface area contributed by atoms with Gasteiger partial charge >= 0.3 is 0 Å². The quantitative estimate of drug-likeness (QED) is 0.153. The Morgan fingerprint density at radius 1 is 0.385 bits per heavy atom. The summed E-state index contributed by atoms with van der Waals surface area (Å²) in [7, 11) is 0. The predicted molar refractivity (Wildman–Crippen MR) is 268 cm³/mol. The third kappa shape index (κ3) is 6.59. The largest absolute Gasteiger partial charge is 0.456 e. The van der Waals surface area contributed by atoms with Gasteiger partial charge in [0.05, 0.1) is 16.7 Å². The summed E-state index contributed by atoms with van der Waals surface area (Å²) in [5.41, 5.74) is 17.1. The van der Waals surface area contributed by atoms with E-state index in [2.05, 4.69) is 188 Å². The van der Waals surface area contributed by atoms with E-state index >= 15 is 0 Å². The van der Waals surface area contributed by atoms with E-state index in [4.69, 9.17) is 19.4 Å². The molecule has 308 valence electrons. The third-order valence-electron chi connectivity index (χ3n) is 12.8. The molecule has 9 aromatic carbocycles. The highest BCUT2D eigenvalue weighted by molar-refractivity contribution is 6.12. The van der Waals surface area contributed by atoms with Gasteiger partial charge in [0.1, 0.15) is 11.2 Å². The van der Waals surface area contributed by atoms with Crippen molar-refractivity contribution >= 4 is 43.7 Å². The first-order valence-corrected chi connectivity index (χ1v) is 22.2. The van der Waals surface area contributed by atoms with E-state index in [0.29, 0.717) is 17.5 Å². The molecule has 0 fully saturated rings. The molecule has 0 spiro atoms. The Hall–Kier alpha value is -8.41. The molecule has 0 N–H and O–H groups in total. The van der Waals surface area contributed by atoms with Gasteiger partial charge in [-0.2, -0.15) is 0 Å². The maximum absolute atomic E-state index is 6.36. The summed E-state index contributed by atoms with van der Waals surface area (Å²) in [6.45, 7) is 4.47. The van der Waals surface area contributed by atoms with Gasteiger partial charge in [-0.25, -0.2) is 15.0 Å². The van der Waals surface area contributed by atoms with Crippen molar-refractivity contribution in [1.82, 2.24) is 19.5 Å². The predicted octanol–water partition coefficient (Wildman–Crippen LogP) is 15.7. The van der Waals surface area contributed by atoms with Gasteiger partial charge in [-0.15, -0.1) is 0 Å². The lowest BCUT2D eigenvalue weighted by atomic mass is 9.92. The number of nitrogens with zero attached hydrogens (tertiary/aromatic N) is 4. The minimum atomic E-state index is 0.571. The molecule has 3 heterocycles. The molecule has 3 aromatic heterocycles. The van der Waals surface area contributed by atoms with Crippen LogP contribution >= 0.6 is 0 Å². The molecule has 0 amide bonds. The van der Waals surface area contributed by atoms with Crippen molar-refractivity contribution in [2.24, 2.45) is 0 Å². The molecule has 0 bridgehead atoms. The molecule has 0 aliphatic carbocycles. The molecule has 12 aromatic rings. The first-order chi connectivity index (χ1) is 32.1. The van der Waals surface area contributed by atoms with E-state index < -0.39 is 0 Å². The molecule has 0 saturated heterocycles. The van der Waals surface area contributed by atoms with E-state index in [-0.39, 0.29) is 0 Å². The molecule has 0 atom stereocenters. The van der Waals surface area contributed by atoms with Crippen LogP contribution in [0, 0.1) is 6.92 Å². The van der Waals surface area contributed by atoms with Gasteiger partial charge in [0.15, 0.2) is 17.5 Å². The minimum absolute atomic E-state index is 0.571. The van der Waals surface area contributed by atoms with Crippen molar-refractivity contribution < 1.29 is 4.42 Å². The van der Waals surface area contributed by atoms with Gasteiger partial charge in [-0.05, 0) is 95.3 Å². The molecule has 0 aliphatic heterocycles. The highest BCUT2D eigenvalue weighted by atomic mass is 16.3. The van der Waals surface area contributed by atoms with Gasteiger partial charge in [-0.3, -0.25) is 0 Å². The van der Waals surface area contributed by atoms with Gasteiger partial charge in [0, 0.05) is 49.4 Å². The molecule has 0 saturated carbocycles. The zero-order valence-corrected chi connectivity index (χ0v) is 36.0. The normalized spacial score (nSPS) is 11.6. The lowest BCUT2D eigenvalue weighted by molar-refractivity contribution is 0.669. The fourth-order valence-corrected chi connectivity index (χ4v) is 9.61. The average Bonchev–Trinajstić information content (AvgIpc) is 3.91. The first-order valence-electron chi connectivity index (χ1n) is 22.2. The van der Waals surface area contributed by atoms with Crippen LogP contribution in [-0.2, 0) is 6.42 Å². The van der Waals surface area contributed by atoms with Crippen molar-refractivity contribution in [2.75, 3.05) is 0 Å². The van der Waals surface area contributed by atoms with Crippen LogP contribution in [-0.4, -0.2) is 19.5 Å². The summed E-state index contributed by atoms with van der Waals surface area (Å²) >= 11 is 0. The molecule has 5 nitrogen and oxygen atoms in total. The van der Waals surface area contributed by atoms with Crippen LogP contribution in [0.5, 0.6) is 0 Å². The van der Waals surface area contributed by atoms with Crippen LogP contribution < -0.4 is 0 Å². The second-order valence-corrected chi connectivity index (χ2v) is 16.7. The van der Waals surface area contributed by atoms with E-state index in [1.165, 1.54) is 33.0 Å². The molecule has 0 unspecified atom stereocenters. The zero-order chi connectivity index (χ0) is 43.4. The number of rotatable bonds is 8. The fraction of sp³-hybridized carbons (Fsp3) is 0.0500. The van der Waals surface area contributed by atoms with E-state index in [1.54, 1.807) is 0 Å². The standard InChI is InChI=1S/C60H42N4O/c1-3-39-35-54-52(37-49(39)45-26-14-13-19-38(45)2)46-27-15-17-29-53(46)64(54)57-50(40-20-7-4-8-21-40)33-44(34-51(57)41-22-9-5-10-23-41)60-62-58(42-24-11-6-12-25-42)61-59(63-60)43-31-32-48-47-28-16-18-30-55(47)65-56(48)36-43/h4-37H,3H2,1-2H3. The topological polar surface area (TPSA) is 56.7 Å². The van der Waals surface area contributed by atoms with Crippen LogP contribution in [0.25, 0.3) is 117 Å². The average molecular weight is 835 g/mol. The lowest BCUT2D eigenvalue weighted by Gasteiger charge is -2.21. The number of hydrogen-bond donors (Lipinski definition) is 0. The first kappa shape index (κ1) is 38.3. The SMILES string of the molecule is CCc1cc2c(cc1-c1ccccc1C)c1ccccc1n2-c1c(-c2ccccc2)cc(-c2nc(-c3ccccc3)nc(-c3ccc4c(c3)oc3ccccc34)n2)cc1-c1ccccc1. The summed E-state index contributed by atoms with van der Waals surface area (Å²) in [4.78, 5) is 15.7. The number of para-hydroxylation sites is 2. The van der Waals surface area contributed by atoms with Gasteiger partial charge < -0.3 is 8.98 Å². The Balaban J connectivity index is 1.15. The Kier molecular flexibility index (Phi) is 9.27. The van der Waals surface area contributed by atoms with Crippen LogP contribution in [0.15, 0.2) is 211 Å². The number of aryl methyl sites for hydroxylation is 2. The van der Waals surface area contributed by atoms with Crippen molar-refractivity contribution in [1.29, 1.82) is 0 Å². The Labute approximate surface area is 377 Å². The fourth-order valence-electron chi connectivity index (χ4n) is 9.61. The van der Waals surface area contributed by atoms with Gasteiger partial charge in [0.2, 0.25) is 0 Å². The second-order valence-electron chi connectivity index (χ2n) is 16.7. The van der Waals surface area contributed by atoms with Crippen molar-refractivity contribution in [3.05, 3.63) is 217 Å². The number of hydrogen-bond acceptors (Lipinski definition) is 4. The summed E-state index contributed by atoms with van der Waals surface area (Å²) in [6, 6.07) is 73.0. The maximum atomic E-state index is 6.36. The molecular weight excluding hydrogens is 793 g/mol. The van der Waals surface area contributed by atoms with E-state index in [1.807, 2.05) is 36.4 Å². The summed E-state index contributed by atoms with van der Waals surface area (Å²) in [5.74, 6) is 1.75. The Bertz CT molecular complexity index is 3700. The van der Waals surface area contributed by atoms with Crippen LogP contribution in [0.2, 0.25) is 0 Å². The number of aromatic nitrogens is 4. The summed E-state index contributed by atoms with van der Waals surface area (Å²) in [5, 5.41) is 4.56. The highest BCUT2D eigenvalue weighted by Crippen LogP contribution is 2.45. The van der Waals surface area contributed by atoms with Gasteiger partial charge in [0.25, 0.3) is 0 Å². The number of fused-ring (bicyclic) bond motifs is 6. The van der Waals surface area contributed by atoms with Gasteiger partial charge in [-0.1, -0.05) is 165 Å². The summed E-state index contributed by atoms with van der Waals surface area (Å²) in [6.07, 6.45) is 0.895. The van der Waals surface area contributed by atoms with E-state index in [9.17, 15) is 0 Å². The van der Waals surface area contributed by atoms with Crippen molar-refractivity contribution in [3.63, 3.8) is 0 Å². The Morgan fingerprint density at radius 3 is 1.62 bits per heavy atom. The van der Waals surface area contributed by atoms with Crippen LogP contribution in [0.1, 0.15) is 18.1 Å². The Morgan fingerprint density at radius 2 is 0.938 bits per heavy atom. The van der Waals surface area contributed by atoms with Crippen molar-refractivity contribution in [3.8, 4) is 73.2 Å². The molecule has 5 heteroatoms. The maximum Gasteiger partial charge on any atom is 0.164 e. The smallest absolute Gasteiger partial charge is 0.164 e. The monoisotopic (exact) mass is 834 g/mol. The molecular formula is C60H42N4O. The van der Waals surface area contributed by atoms with Crippen LogP contribution in [0.4, 0.5) is 0 Å². The second kappa shape index (κ2) is 15.7. The van der Waals surface area contributed by atoms with Crippen molar-refractivity contribution in [2.45, 2.75) is 20.3 Å². The highest BCUT2D eigenvalue weighted by Gasteiger charge is 2.24. The number of benzene rings is 9.